The van der Waals surface area contributed by atoms with Gasteiger partial charge in [-0.1, -0.05) is 23.4 Å². The fourth-order valence-electron chi connectivity index (χ4n) is 5.16. The van der Waals surface area contributed by atoms with E-state index in [0.717, 1.165) is 25.7 Å². The third-order valence-corrected chi connectivity index (χ3v) is 8.51. The van der Waals surface area contributed by atoms with Crippen molar-refractivity contribution in [2.45, 2.75) is 43.8 Å². The molecule has 29 heavy (non-hydrogen) atoms. The molecule has 3 aliphatic carbocycles. The van der Waals surface area contributed by atoms with Gasteiger partial charge < -0.3 is 13.9 Å². The molecule has 0 saturated heterocycles. The molecule has 3 saturated carbocycles. The van der Waals surface area contributed by atoms with Crippen LogP contribution < -0.4 is 5.44 Å². The monoisotopic (exact) mass is 455 g/mol. The zero-order valence-electron chi connectivity index (χ0n) is 17.2. The minimum Gasteiger partial charge on any atom is -0.466 e. The second-order valence-corrected chi connectivity index (χ2v) is 12.7. The number of carbonyl (C=O) groups excluding carboxylic acids is 1. The molecule has 2 aromatic rings. The maximum Gasteiger partial charge on any atom is 0.311 e. The fourth-order valence-corrected chi connectivity index (χ4v) is 7.03. The molecule has 0 aromatic carbocycles. The minimum atomic E-state index is -2.67. The molecule has 3 fully saturated rings. The fraction of sp³-hybridized carbons (Fsp3) is 0.650. The van der Waals surface area contributed by atoms with Crippen molar-refractivity contribution in [1.29, 1.82) is 0 Å². The SMILES string of the molecule is CCOC(=O)[C@H]1C2CCC(CC2)[C@@H]1n1cc(Cl)c2c(P(C)(C)=O)nc(SC)nc21. The molecule has 158 valence electrons. The van der Waals surface area contributed by atoms with Crippen molar-refractivity contribution in [3.05, 3.63) is 11.2 Å². The van der Waals surface area contributed by atoms with Crippen LogP contribution in [-0.2, 0) is 14.1 Å². The van der Waals surface area contributed by atoms with Crippen molar-refractivity contribution in [3.8, 4) is 0 Å². The molecule has 0 aliphatic heterocycles. The Morgan fingerprint density at radius 1 is 1.28 bits per heavy atom. The van der Waals surface area contributed by atoms with Crippen LogP contribution >= 0.6 is 30.5 Å². The van der Waals surface area contributed by atoms with Gasteiger partial charge in [-0.25, -0.2) is 9.97 Å². The van der Waals surface area contributed by atoms with Gasteiger partial charge in [0.15, 0.2) is 5.16 Å². The topological polar surface area (TPSA) is 74.1 Å². The van der Waals surface area contributed by atoms with Crippen molar-refractivity contribution < 1.29 is 14.1 Å². The van der Waals surface area contributed by atoms with Crippen molar-refractivity contribution >= 4 is 52.9 Å². The average Bonchev–Trinajstić information content (AvgIpc) is 3.03. The quantitative estimate of drug-likeness (QED) is 0.284. The zero-order valence-corrected chi connectivity index (χ0v) is 19.7. The van der Waals surface area contributed by atoms with Gasteiger partial charge in [-0.2, -0.15) is 0 Å². The molecule has 6 nitrogen and oxygen atoms in total. The summed E-state index contributed by atoms with van der Waals surface area (Å²) in [6.07, 6.45) is 8.08. The van der Waals surface area contributed by atoms with E-state index in [0.29, 0.717) is 45.1 Å². The standard InChI is InChI=1S/C20H27ClN3O3PS/c1-5-27-19(25)14-11-6-8-12(9-7-11)16(14)24-10-13(21)15-17(24)22-20(29-4)23-18(15)28(2,3)26/h10-12,14,16H,5-9H2,1-4H3/t11?,12?,14-,16-/m0/s1. The predicted octanol–water partition coefficient (Wildman–Crippen LogP) is 4.60. The van der Waals surface area contributed by atoms with Crippen LogP contribution in [0.4, 0.5) is 0 Å². The Bertz CT molecular complexity index is 997. The molecular formula is C20H27ClN3O3PS. The lowest BCUT2D eigenvalue weighted by atomic mass is 9.61. The van der Waals surface area contributed by atoms with Crippen LogP contribution in [0.5, 0.6) is 0 Å². The summed E-state index contributed by atoms with van der Waals surface area (Å²) >= 11 is 8.07. The molecule has 0 radical (unpaired) electrons. The Morgan fingerprint density at radius 3 is 2.52 bits per heavy atom. The van der Waals surface area contributed by atoms with E-state index in [4.69, 9.17) is 21.3 Å². The lowest BCUT2D eigenvalue weighted by Gasteiger charge is -2.47. The summed E-state index contributed by atoms with van der Waals surface area (Å²) in [5.74, 6) is 0.388. The van der Waals surface area contributed by atoms with Gasteiger partial charge in [0, 0.05) is 6.20 Å². The Labute approximate surface area is 180 Å². The number of hydrogen-bond acceptors (Lipinski definition) is 6. The van der Waals surface area contributed by atoms with Crippen LogP contribution in [0.1, 0.15) is 38.6 Å². The molecule has 2 heterocycles. The highest BCUT2D eigenvalue weighted by molar-refractivity contribution is 7.98. The molecule has 9 heteroatoms. The van der Waals surface area contributed by atoms with E-state index in [-0.39, 0.29) is 17.9 Å². The first kappa shape index (κ1) is 21.2. The van der Waals surface area contributed by atoms with Crippen LogP contribution in [0.2, 0.25) is 5.02 Å². The van der Waals surface area contributed by atoms with Gasteiger partial charge in [-0.15, -0.1) is 0 Å². The van der Waals surface area contributed by atoms with Gasteiger partial charge in [-0.3, -0.25) is 4.79 Å². The number of thioether (sulfide) groups is 1. The maximum atomic E-state index is 13.0. The van der Waals surface area contributed by atoms with Gasteiger partial charge in [-0.05, 0) is 64.0 Å². The Hall–Kier alpha value is -1.04. The number of aromatic nitrogens is 3. The molecule has 0 N–H and O–H groups in total. The third kappa shape index (κ3) is 3.64. The van der Waals surface area contributed by atoms with E-state index < -0.39 is 7.14 Å². The molecule has 2 aromatic heterocycles. The second-order valence-electron chi connectivity index (χ2n) is 8.41. The molecular weight excluding hydrogens is 429 g/mol. The lowest BCUT2D eigenvalue weighted by Crippen LogP contribution is -2.45. The molecule has 0 unspecified atom stereocenters. The zero-order chi connectivity index (χ0) is 20.9. The van der Waals surface area contributed by atoms with Crippen LogP contribution in [0.25, 0.3) is 11.0 Å². The van der Waals surface area contributed by atoms with E-state index in [1.807, 2.05) is 19.4 Å². The number of halogens is 1. The van der Waals surface area contributed by atoms with Crippen LogP contribution in [0.3, 0.4) is 0 Å². The number of carbonyl (C=O) groups is 1. The van der Waals surface area contributed by atoms with Gasteiger partial charge in [0.05, 0.1) is 29.0 Å². The van der Waals surface area contributed by atoms with Crippen LogP contribution in [0.15, 0.2) is 11.4 Å². The lowest BCUT2D eigenvalue weighted by molar-refractivity contribution is -0.157. The number of hydrogen-bond donors (Lipinski definition) is 0. The van der Waals surface area contributed by atoms with Crippen LogP contribution in [0, 0.1) is 17.8 Å². The van der Waals surface area contributed by atoms with E-state index in [1.54, 1.807) is 13.3 Å². The molecule has 3 aliphatic rings. The number of nitrogens with zero attached hydrogens (tertiary/aromatic N) is 3. The molecule has 0 amide bonds. The first-order chi connectivity index (χ1) is 13.8. The molecule has 0 spiro atoms. The Kier molecular flexibility index (Phi) is 5.77. The summed E-state index contributed by atoms with van der Waals surface area (Å²) in [4.78, 5) is 22.2. The highest BCUT2D eigenvalue weighted by Gasteiger charge is 2.49. The van der Waals surface area contributed by atoms with Crippen molar-refractivity contribution in [2.75, 3.05) is 26.2 Å². The average molecular weight is 456 g/mol. The van der Waals surface area contributed by atoms with Gasteiger partial charge in [0.25, 0.3) is 0 Å². The number of fused-ring (bicyclic) bond motifs is 4. The van der Waals surface area contributed by atoms with Crippen LogP contribution in [-0.4, -0.2) is 46.7 Å². The van der Waals surface area contributed by atoms with Crippen molar-refractivity contribution in [2.24, 2.45) is 17.8 Å². The number of ether oxygens (including phenoxy) is 1. The number of esters is 1. The molecule has 2 bridgehead atoms. The summed E-state index contributed by atoms with van der Waals surface area (Å²) in [5, 5.41) is 1.72. The van der Waals surface area contributed by atoms with Crippen molar-refractivity contribution in [3.63, 3.8) is 0 Å². The summed E-state index contributed by atoms with van der Waals surface area (Å²) < 4.78 is 20.5. The normalized spacial score (nSPS) is 26.8. The third-order valence-electron chi connectivity index (χ3n) is 6.33. The highest BCUT2D eigenvalue weighted by atomic mass is 35.5. The first-order valence-corrected chi connectivity index (χ1v) is 14.3. The van der Waals surface area contributed by atoms with E-state index in [1.165, 1.54) is 11.8 Å². The van der Waals surface area contributed by atoms with E-state index >= 15 is 0 Å². The van der Waals surface area contributed by atoms with Gasteiger partial charge >= 0.3 is 5.97 Å². The Morgan fingerprint density at radius 2 is 1.93 bits per heavy atom. The predicted molar refractivity (Wildman–Crippen MR) is 118 cm³/mol. The van der Waals surface area contributed by atoms with E-state index in [9.17, 15) is 9.36 Å². The largest absolute Gasteiger partial charge is 0.466 e. The van der Waals surface area contributed by atoms with Gasteiger partial charge in [0.1, 0.15) is 18.2 Å². The van der Waals surface area contributed by atoms with Crippen molar-refractivity contribution in [1.82, 2.24) is 14.5 Å². The number of rotatable bonds is 5. The summed E-state index contributed by atoms with van der Waals surface area (Å²) in [6, 6.07) is -0.0397. The molecule has 5 rings (SSSR count). The molecule has 2 atom stereocenters. The summed E-state index contributed by atoms with van der Waals surface area (Å²) in [6.45, 7) is 5.64. The van der Waals surface area contributed by atoms with E-state index in [2.05, 4.69) is 9.55 Å². The first-order valence-electron chi connectivity index (χ1n) is 10.1. The smallest absolute Gasteiger partial charge is 0.311 e. The highest BCUT2D eigenvalue weighted by Crippen LogP contribution is 2.53. The maximum absolute atomic E-state index is 13.0. The minimum absolute atomic E-state index is 0.0397. The summed E-state index contributed by atoms with van der Waals surface area (Å²) in [7, 11) is -2.67. The second kappa shape index (κ2) is 7.90. The Balaban J connectivity index is 1.93. The summed E-state index contributed by atoms with van der Waals surface area (Å²) in [5.41, 5.74) is 1.20. The van der Waals surface area contributed by atoms with Gasteiger partial charge in [0.2, 0.25) is 0 Å².